The molecule has 310 valence electrons. The van der Waals surface area contributed by atoms with Crippen molar-refractivity contribution in [3.05, 3.63) is 60.3 Å². The van der Waals surface area contributed by atoms with Crippen molar-refractivity contribution in [1.29, 1.82) is 0 Å². The normalized spacial score (nSPS) is 22.2. The predicted molar refractivity (Wildman–Crippen MR) is 207 cm³/mol. The van der Waals surface area contributed by atoms with Gasteiger partial charge >= 0.3 is 18.2 Å². The van der Waals surface area contributed by atoms with Crippen molar-refractivity contribution in [3.63, 3.8) is 0 Å². The lowest BCUT2D eigenvalue weighted by Gasteiger charge is -2.24. The quantitative estimate of drug-likeness (QED) is 0.0786. The van der Waals surface area contributed by atoms with E-state index in [0.29, 0.717) is 24.4 Å². The van der Waals surface area contributed by atoms with Crippen molar-refractivity contribution >= 4 is 57.3 Å². The maximum absolute atomic E-state index is 13.7. The lowest BCUT2D eigenvalue weighted by molar-refractivity contribution is -0.139. The summed E-state index contributed by atoms with van der Waals surface area (Å²) >= 11 is 5.88. The Balaban J connectivity index is 1.09. The number of carboxylic acids is 1. The number of hydrogen-bond donors (Lipinski definition) is 6. The summed E-state index contributed by atoms with van der Waals surface area (Å²) in [5.41, 5.74) is -1.41. The molecule has 1 saturated heterocycles. The summed E-state index contributed by atoms with van der Waals surface area (Å²) in [6.45, 7) is 3.97. The molecule has 5 rings (SSSR count). The Labute approximate surface area is 336 Å². The van der Waals surface area contributed by atoms with Gasteiger partial charge < -0.3 is 35.6 Å². The average molecular weight is 833 g/mol. The second kappa shape index (κ2) is 19.4. The highest BCUT2D eigenvalue weighted by Gasteiger charge is 2.61. The van der Waals surface area contributed by atoms with E-state index in [1.807, 2.05) is 0 Å². The molecular formula is C38H49ClN6O11S. The zero-order valence-corrected chi connectivity index (χ0v) is 32.9. The number of unbranched alkanes of at least 4 members (excludes halogenated alkanes) is 4. The number of ether oxygens (including phenoxy) is 2. The van der Waals surface area contributed by atoms with Crippen LogP contribution in [0.15, 0.2) is 60.1 Å². The van der Waals surface area contributed by atoms with Gasteiger partial charge in [0, 0.05) is 31.1 Å². The molecule has 0 radical (unpaired) electrons. The Hall–Kier alpha value is -5.10. The van der Waals surface area contributed by atoms with Crippen LogP contribution in [0.25, 0.3) is 0 Å². The number of hydrogen-bond acceptors (Lipinski definition) is 11. The number of carboxylic acid groups (broad SMARTS) is 2. The predicted octanol–water partition coefficient (Wildman–Crippen LogP) is 4.68. The molecule has 57 heavy (non-hydrogen) atoms. The number of para-hydroxylation sites is 1. The monoisotopic (exact) mass is 832 g/mol. The van der Waals surface area contributed by atoms with E-state index in [0.717, 1.165) is 49.8 Å². The molecule has 0 unspecified atom stereocenters. The van der Waals surface area contributed by atoms with E-state index in [2.05, 4.69) is 32.2 Å². The number of sulfonamides is 1. The van der Waals surface area contributed by atoms with Crippen molar-refractivity contribution in [1.82, 2.24) is 25.2 Å². The molecule has 0 spiro atoms. The smallest absolute Gasteiger partial charge is 0.408 e. The maximum atomic E-state index is 13.7. The van der Waals surface area contributed by atoms with Crippen LogP contribution in [0.5, 0.6) is 5.88 Å². The first-order valence-corrected chi connectivity index (χ1v) is 20.9. The van der Waals surface area contributed by atoms with E-state index in [1.165, 1.54) is 30.5 Å². The summed E-state index contributed by atoms with van der Waals surface area (Å²) in [6, 6.07) is 6.87. The van der Waals surface area contributed by atoms with E-state index in [4.69, 9.17) is 21.1 Å². The Morgan fingerprint density at radius 3 is 2.40 bits per heavy atom. The summed E-state index contributed by atoms with van der Waals surface area (Å²) in [7, 11) is -4.45. The van der Waals surface area contributed by atoms with Crippen LogP contribution < -0.4 is 25.4 Å². The molecule has 17 nitrogen and oxygen atoms in total. The largest absolute Gasteiger partial charge is 0.480 e. The number of aliphatic carboxylic acids is 1. The summed E-state index contributed by atoms with van der Waals surface area (Å²) in [5.74, 6) is -3.31. The molecule has 1 aliphatic heterocycles. The van der Waals surface area contributed by atoms with Crippen LogP contribution in [0.2, 0.25) is 5.02 Å². The Kier molecular flexibility index (Phi) is 14.6. The highest BCUT2D eigenvalue weighted by molar-refractivity contribution is 7.90. The number of nitrogens with one attached hydrogen (secondary N) is 4. The van der Waals surface area contributed by atoms with Gasteiger partial charge in [-0.05, 0) is 63.1 Å². The second-order valence-electron chi connectivity index (χ2n) is 14.5. The number of carbonyl (C=O) groups is 5. The number of halogens is 1. The molecule has 2 aromatic rings. The Bertz CT molecular complexity index is 1900. The number of rotatable bonds is 20. The van der Waals surface area contributed by atoms with Gasteiger partial charge in [-0.15, -0.1) is 6.58 Å². The van der Waals surface area contributed by atoms with Crippen molar-refractivity contribution in [3.8, 4) is 5.88 Å². The molecule has 2 aliphatic carbocycles. The van der Waals surface area contributed by atoms with E-state index in [9.17, 15) is 42.6 Å². The first-order valence-electron chi connectivity index (χ1n) is 19.0. The summed E-state index contributed by atoms with van der Waals surface area (Å²) in [6.07, 6.45) is 7.20. The van der Waals surface area contributed by atoms with E-state index < -0.39 is 69.6 Å². The molecule has 2 saturated carbocycles. The highest BCUT2D eigenvalue weighted by Crippen LogP contribution is 2.45. The summed E-state index contributed by atoms with van der Waals surface area (Å²) in [5, 5.41) is 27.9. The van der Waals surface area contributed by atoms with Crippen molar-refractivity contribution in [2.24, 2.45) is 5.92 Å². The topological polar surface area (TPSA) is 243 Å². The second-order valence-corrected chi connectivity index (χ2v) is 16.6. The molecule has 5 atom stereocenters. The minimum atomic E-state index is -4.45. The van der Waals surface area contributed by atoms with E-state index in [-0.39, 0.29) is 48.4 Å². The van der Waals surface area contributed by atoms with Crippen molar-refractivity contribution in [2.45, 2.75) is 112 Å². The standard InChI is InChI=1S/C38H49ClN6O11S/c1-2-24-21-38(24,43-33(46)30-20-27(23-45(30)37(51)52)55-32-18-17-25(39)22-41-32)35(49)44-57(53,54)31-16-10-9-14-28(31)40-19-11-5-3-4-6-15-29(34(47)48)42-36(50)56-26-12-7-8-13-26/h2,9-10,14,16-18,22,24,26-27,29-30,40H,1,3-8,11-13,15,19-21,23H2,(H,42,50)(H,43,46)(H,44,49)(H,47,48)(H,51,52)/t24-,27-,29+,30+,38-/m1/s1. The number of pyridine rings is 1. The summed E-state index contributed by atoms with van der Waals surface area (Å²) in [4.78, 5) is 67.8. The number of aromatic nitrogens is 1. The maximum Gasteiger partial charge on any atom is 0.408 e. The Morgan fingerprint density at radius 2 is 1.74 bits per heavy atom. The lowest BCUT2D eigenvalue weighted by atomic mass is 10.1. The van der Waals surface area contributed by atoms with Gasteiger partial charge in [-0.2, -0.15) is 0 Å². The molecule has 3 aliphatic rings. The van der Waals surface area contributed by atoms with Gasteiger partial charge in [0.25, 0.3) is 15.9 Å². The number of benzene rings is 1. The van der Waals surface area contributed by atoms with Gasteiger partial charge in [0.1, 0.15) is 34.7 Å². The van der Waals surface area contributed by atoms with Gasteiger partial charge in [-0.25, -0.2) is 32.5 Å². The number of likely N-dealkylation sites (tertiary alicyclic amines) is 1. The number of amides is 4. The number of carbonyl (C=O) groups excluding carboxylic acids is 3. The van der Waals surface area contributed by atoms with E-state index >= 15 is 0 Å². The minimum Gasteiger partial charge on any atom is -0.480 e. The number of anilines is 1. The molecule has 19 heteroatoms. The molecule has 1 aromatic heterocycles. The van der Waals surface area contributed by atoms with Crippen LogP contribution >= 0.6 is 11.6 Å². The van der Waals surface area contributed by atoms with Gasteiger partial charge in [-0.1, -0.05) is 55.5 Å². The van der Waals surface area contributed by atoms with Crippen LogP contribution in [0, 0.1) is 5.92 Å². The van der Waals surface area contributed by atoms with Gasteiger partial charge in [-0.3, -0.25) is 14.5 Å². The fraction of sp³-hybridized carbons (Fsp3) is 0.526. The molecule has 6 N–H and O–H groups in total. The zero-order chi connectivity index (χ0) is 41.2. The van der Waals surface area contributed by atoms with Gasteiger partial charge in [0.2, 0.25) is 11.8 Å². The third-order valence-corrected chi connectivity index (χ3v) is 12.0. The zero-order valence-electron chi connectivity index (χ0n) is 31.4. The van der Waals surface area contributed by atoms with Gasteiger partial charge in [0.05, 0.1) is 17.3 Å². The molecule has 3 fully saturated rings. The lowest BCUT2D eigenvalue weighted by Crippen LogP contribution is -2.56. The molecular weight excluding hydrogens is 784 g/mol. The molecule has 2 heterocycles. The van der Waals surface area contributed by atoms with Crippen LogP contribution in [0.3, 0.4) is 0 Å². The van der Waals surface area contributed by atoms with Crippen LogP contribution in [0.4, 0.5) is 15.3 Å². The highest BCUT2D eigenvalue weighted by atomic mass is 35.5. The molecule has 1 aromatic carbocycles. The third-order valence-electron chi connectivity index (χ3n) is 10.4. The van der Waals surface area contributed by atoms with Crippen molar-refractivity contribution < 1.29 is 52.1 Å². The van der Waals surface area contributed by atoms with Crippen molar-refractivity contribution in [2.75, 3.05) is 18.4 Å². The first kappa shape index (κ1) is 43.0. The fourth-order valence-corrected chi connectivity index (χ4v) is 8.55. The van der Waals surface area contributed by atoms with Crippen LogP contribution in [0.1, 0.15) is 77.0 Å². The molecule has 4 amide bonds. The average Bonchev–Trinajstić information content (AvgIpc) is 3.43. The summed E-state index contributed by atoms with van der Waals surface area (Å²) < 4.78 is 40.4. The number of nitrogens with zero attached hydrogens (tertiary/aromatic N) is 2. The van der Waals surface area contributed by atoms with Crippen LogP contribution in [-0.4, -0.2) is 101 Å². The Morgan fingerprint density at radius 1 is 1.02 bits per heavy atom. The number of alkyl carbamates (subject to hydrolysis) is 1. The fourth-order valence-electron chi connectivity index (χ4n) is 7.22. The third kappa shape index (κ3) is 11.5. The first-order chi connectivity index (χ1) is 27.2. The van der Waals surface area contributed by atoms with Crippen LogP contribution in [-0.2, 0) is 29.1 Å². The molecule has 0 bridgehead atoms. The SMILES string of the molecule is C=C[C@@H]1C[C@]1(NC(=O)[C@@H]1C[C@@H](Oc2ccc(Cl)cn2)CN1C(=O)O)C(=O)NS(=O)(=O)c1ccccc1NCCCCCCC[C@H](NC(=O)OC1CCCC1)C(=O)O. The minimum absolute atomic E-state index is 0.0444. The van der Waals surface area contributed by atoms with Gasteiger partial charge in [0.15, 0.2) is 0 Å². The van der Waals surface area contributed by atoms with E-state index in [1.54, 1.807) is 18.2 Å².